The number of nitrogens with zero attached hydrogens (tertiary/aromatic N) is 1. The summed E-state index contributed by atoms with van der Waals surface area (Å²) in [4.78, 5) is -0.942. The predicted molar refractivity (Wildman–Crippen MR) is 57.4 cm³/mol. The number of alkyl halides is 3. The van der Waals surface area contributed by atoms with E-state index in [-0.39, 0.29) is 11.3 Å². The van der Waals surface area contributed by atoms with Gasteiger partial charge in [-0.2, -0.15) is 5.26 Å². The van der Waals surface area contributed by atoms with Crippen LogP contribution in [0, 0.1) is 11.3 Å². The maximum atomic E-state index is 12.2. The van der Waals surface area contributed by atoms with Gasteiger partial charge in [-0.25, -0.2) is 8.42 Å². The van der Waals surface area contributed by atoms with Crippen molar-refractivity contribution < 1.29 is 31.1 Å². The summed E-state index contributed by atoms with van der Waals surface area (Å²) in [5, 5.41) is 8.72. The van der Waals surface area contributed by atoms with Crippen LogP contribution in [-0.2, 0) is 9.05 Å². The van der Waals surface area contributed by atoms with Gasteiger partial charge in [0.15, 0.2) is 5.75 Å². The van der Waals surface area contributed by atoms with E-state index in [0.29, 0.717) is 12.1 Å². The second kappa shape index (κ2) is 5.14. The van der Waals surface area contributed by atoms with Gasteiger partial charge in [0, 0.05) is 22.8 Å². The molecule has 0 N–H and O–H groups in total. The minimum Gasteiger partial charge on any atom is -0.495 e. The molecule has 0 heterocycles. The first-order valence-corrected chi connectivity index (χ1v) is 6.72. The van der Waals surface area contributed by atoms with Crippen LogP contribution in [0.15, 0.2) is 17.0 Å². The van der Waals surface area contributed by atoms with Gasteiger partial charge in [0.25, 0.3) is 9.05 Å². The number of hydrogen-bond acceptors (Lipinski definition) is 5. The summed E-state index contributed by atoms with van der Waals surface area (Å²) in [6.07, 6.45) is -5.13. The molecule has 0 bridgehead atoms. The van der Waals surface area contributed by atoms with Gasteiger partial charge in [-0.15, -0.1) is 13.2 Å². The Kier molecular flexibility index (Phi) is 4.17. The topological polar surface area (TPSA) is 76.4 Å². The van der Waals surface area contributed by atoms with E-state index in [1.54, 1.807) is 6.07 Å². The first kappa shape index (κ1) is 15.4. The van der Waals surface area contributed by atoms with Gasteiger partial charge >= 0.3 is 6.36 Å². The zero-order valence-electron chi connectivity index (χ0n) is 9.16. The molecule has 0 saturated carbocycles. The SMILES string of the molecule is COc1cc(S(=O)(=O)Cl)c(OC(F)(F)F)cc1C#N. The zero-order chi connectivity index (χ0) is 14.8. The van der Waals surface area contributed by atoms with Gasteiger partial charge in [-0.1, -0.05) is 0 Å². The van der Waals surface area contributed by atoms with Crippen molar-refractivity contribution in [3.8, 4) is 17.6 Å². The smallest absolute Gasteiger partial charge is 0.495 e. The second-order valence-corrected chi connectivity index (χ2v) is 5.63. The third-order valence-corrected chi connectivity index (χ3v) is 3.22. The fourth-order valence-electron chi connectivity index (χ4n) is 1.19. The number of hydrogen-bond donors (Lipinski definition) is 0. The molecule has 0 radical (unpaired) electrons. The van der Waals surface area contributed by atoms with Crippen LogP contribution in [0.25, 0.3) is 0 Å². The largest absolute Gasteiger partial charge is 0.573 e. The molecule has 10 heteroatoms. The van der Waals surface area contributed by atoms with Gasteiger partial charge in [0.05, 0.1) is 12.7 Å². The zero-order valence-corrected chi connectivity index (χ0v) is 10.7. The molecule has 0 aliphatic rings. The van der Waals surface area contributed by atoms with Crippen LogP contribution in [0.3, 0.4) is 0 Å². The highest BCUT2D eigenvalue weighted by atomic mass is 35.7. The predicted octanol–water partition coefficient (Wildman–Crippen LogP) is 2.39. The summed E-state index contributed by atoms with van der Waals surface area (Å²) in [7, 11) is 1.61. The minimum absolute atomic E-state index is 0.240. The van der Waals surface area contributed by atoms with Gasteiger partial charge in [-0.3, -0.25) is 0 Å². The molecular formula is C9H5ClF3NO4S. The van der Waals surface area contributed by atoms with Crippen molar-refractivity contribution in [2.24, 2.45) is 0 Å². The van der Waals surface area contributed by atoms with Crippen molar-refractivity contribution in [3.05, 3.63) is 17.7 Å². The van der Waals surface area contributed by atoms with E-state index in [0.717, 1.165) is 7.11 Å². The van der Waals surface area contributed by atoms with Crippen molar-refractivity contribution in [2.45, 2.75) is 11.3 Å². The molecule has 0 aromatic heterocycles. The molecule has 1 aromatic rings. The van der Waals surface area contributed by atoms with Crippen molar-refractivity contribution in [3.63, 3.8) is 0 Å². The molecule has 5 nitrogen and oxygen atoms in total. The number of methoxy groups -OCH3 is 1. The Bertz CT molecular complexity index is 636. The average Bonchev–Trinajstić information content (AvgIpc) is 2.24. The monoisotopic (exact) mass is 315 g/mol. The molecule has 0 saturated heterocycles. The van der Waals surface area contributed by atoms with Gasteiger partial charge < -0.3 is 9.47 Å². The fraction of sp³-hybridized carbons (Fsp3) is 0.222. The summed E-state index contributed by atoms with van der Waals surface area (Å²) in [6, 6.07) is 2.81. The highest BCUT2D eigenvalue weighted by Crippen LogP contribution is 2.36. The Labute approximate surface area is 110 Å². The van der Waals surface area contributed by atoms with E-state index in [4.69, 9.17) is 15.9 Å². The highest BCUT2D eigenvalue weighted by molar-refractivity contribution is 8.13. The molecular weight excluding hydrogens is 311 g/mol. The third-order valence-electron chi connectivity index (χ3n) is 1.87. The lowest BCUT2D eigenvalue weighted by Gasteiger charge is -2.13. The number of halogens is 4. The average molecular weight is 316 g/mol. The third kappa shape index (κ3) is 3.90. The lowest BCUT2D eigenvalue weighted by Crippen LogP contribution is -2.18. The molecule has 0 spiro atoms. The quantitative estimate of drug-likeness (QED) is 0.800. The standard InChI is InChI=1S/C9H5ClF3NO4S/c1-17-6-3-8(19(10,15)16)7(2-5(6)4-14)18-9(11,12)13/h2-3H,1H3. The normalized spacial score (nSPS) is 11.8. The first-order valence-electron chi connectivity index (χ1n) is 4.41. The number of benzene rings is 1. The van der Waals surface area contributed by atoms with Crippen molar-refractivity contribution in [1.29, 1.82) is 5.26 Å². The Hall–Kier alpha value is -1.66. The maximum absolute atomic E-state index is 12.2. The van der Waals surface area contributed by atoms with E-state index in [9.17, 15) is 21.6 Å². The Balaban J connectivity index is 3.56. The van der Waals surface area contributed by atoms with Crippen LogP contribution in [0.5, 0.6) is 11.5 Å². The number of ether oxygens (including phenoxy) is 2. The maximum Gasteiger partial charge on any atom is 0.573 e. The number of nitriles is 1. The molecule has 0 unspecified atom stereocenters. The first-order chi connectivity index (χ1) is 8.58. The van der Waals surface area contributed by atoms with E-state index in [1.165, 1.54) is 0 Å². The summed E-state index contributed by atoms with van der Waals surface area (Å²) >= 11 is 0. The molecule has 0 fully saturated rings. The molecule has 0 aliphatic heterocycles. The number of rotatable bonds is 3. The molecule has 19 heavy (non-hydrogen) atoms. The highest BCUT2D eigenvalue weighted by Gasteiger charge is 2.34. The van der Waals surface area contributed by atoms with Gasteiger partial charge in [0.1, 0.15) is 16.7 Å². The van der Waals surface area contributed by atoms with Crippen molar-refractivity contribution >= 4 is 19.7 Å². The second-order valence-electron chi connectivity index (χ2n) is 3.10. The summed E-state index contributed by atoms with van der Waals surface area (Å²) in [6.45, 7) is 0. The fourth-order valence-corrected chi connectivity index (χ4v) is 2.14. The lowest BCUT2D eigenvalue weighted by molar-refractivity contribution is -0.275. The molecule has 104 valence electrons. The van der Waals surface area contributed by atoms with Crippen LogP contribution in [0.4, 0.5) is 13.2 Å². The minimum atomic E-state index is -5.13. The van der Waals surface area contributed by atoms with Gasteiger partial charge in [0.2, 0.25) is 0 Å². The Morgan fingerprint density at radius 3 is 2.26 bits per heavy atom. The Morgan fingerprint density at radius 2 is 1.89 bits per heavy atom. The van der Waals surface area contributed by atoms with Gasteiger partial charge in [-0.05, 0) is 0 Å². The van der Waals surface area contributed by atoms with Crippen LogP contribution in [0.2, 0.25) is 0 Å². The van der Waals surface area contributed by atoms with E-state index in [1.807, 2.05) is 0 Å². The molecule has 0 amide bonds. The lowest BCUT2D eigenvalue weighted by atomic mass is 10.2. The van der Waals surface area contributed by atoms with Crippen LogP contribution < -0.4 is 9.47 Å². The van der Waals surface area contributed by atoms with E-state index < -0.39 is 26.1 Å². The van der Waals surface area contributed by atoms with Crippen molar-refractivity contribution in [2.75, 3.05) is 7.11 Å². The molecule has 1 aromatic carbocycles. The summed E-state index contributed by atoms with van der Waals surface area (Å²) < 4.78 is 67.0. The Morgan fingerprint density at radius 1 is 1.32 bits per heavy atom. The molecule has 0 aliphatic carbocycles. The van der Waals surface area contributed by atoms with Crippen LogP contribution in [-0.4, -0.2) is 21.9 Å². The van der Waals surface area contributed by atoms with E-state index >= 15 is 0 Å². The summed E-state index contributed by atoms with van der Waals surface area (Å²) in [5.74, 6) is -1.34. The van der Waals surface area contributed by atoms with Crippen LogP contribution >= 0.6 is 10.7 Å². The van der Waals surface area contributed by atoms with Crippen molar-refractivity contribution in [1.82, 2.24) is 0 Å². The molecule has 1 rings (SSSR count). The molecule has 0 atom stereocenters. The van der Waals surface area contributed by atoms with E-state index in [2.05, 4.69) is 9.47 Å². The summed E-state index contributed by atoms with van der Waals surface area (Å²) in [5.41, 5.74) is -0.328. The van der Waals surface area contributed by atoms with Crippen LogP contribution in [0.1, 0.15) is 5.56 Å².